The molecule has 2 rings (SSSR count). The highest BCUT2D eigenvalue weighted by atomic mass is 35.5. The summed E-state index contributed by atoms with van der Waals surface area (Å²) in [5.74, 6) is 0.712. The largest absolute Gasteiger partial charge is 0.237 e. The number of nitrogens with zero attached hydrogens (tertiary/aromatic N) is 2. The highest BCUT2D eigenvalue weighted by molar-refractivity contribution is 6.48. The summed E-state index contributed by atoms with van der Waals surface area (Å²) >= 11 is 5.78. The van der Waals surface area contributed by atoms with Gasteiger partial charge in [-0.05, 0) is 11.6 Å². The van der Waals surface area contributed by atoms with E-state index in [0.717, 1.165) is 11.1 Å². The molecule has 0 amide bonds. The lowest BCUT2D eigenvalue weighted by molar-refractivity contribution is 1.18. The van der Waals surface area contributed by atoms with Crippen molar-refractivity contribution >= 4 is 16.6 Å². The van der Waals surface area contributed by atoms with Crippen LogP contribution in [0.1, 0.15) is 5.56 Å². The van der Waals surface area contributed by atoms with Crippen LogP contribution >= 0.6 is 11.6 Å². The van der Waals surface area contributed by atoms with Crippen LogP contribution in [0.3, 0.4) is 0 Å². The minimum atomic E-state index is 0.538. The first kappa shape index (κ1) is 9.87. The molecule has 0 bridgehead atoms. The Morgan fingerprint density at radius 1 is 1.07 bits per heavy atom. The second-order valence-corrected chi connectivity index (χ2v) is 3.51. The molecule has 0 saturated heterocycles. The average Bonchev–Trinajstić information content (AvgIpc) is 2.30. The molecule has 0 aliphatic heterocycles. The molecule has 2 aromatic rings. The molecule has 0 N–H and O–H groups in total. The molecule has 1 heterocycles. The van der Waals surface area contributed by atoms with E-state index in [4.69, 9.17) is 11.6 Å². The summed E-state index contributed by atoms with van der Waals surface area (Å²) in [6.07, 6.45) is 3.44. The van der Waals surface area contributed by atoms with Gasteiger partial charge in [-0.3, -0.25) is 0 Å². The number of hydrogen-bond donors (Lipinski definition) is 0. The van der Waals surface area contributed by atoms with Crippen molar-refractivity contribution in [3.63, 3.8) is 0 Å². The van der Waals surface area contributed by atoms with Gasteiger partial charge in [-0.15, -0.1) is 0 Å². The fourth-order valence-corrected chi connectivity index (χ4v) is 1.37. The van der Waals surface area contributed by atoms with E-state index < -0.39 is 0 Å². The molecule has 0 saturated carbocycles. The van der Waals surface area contributed by atoms with E-state index in [9.17, 15) is 0 Å². The quantitative estimate of drug-likeness (QED) is 0.770. The Balaban J connectivity index is 2.36. The minimum absolute atomic E-state index is 0.538. The van der Waals surface area contributed by atoms with E-state index in [1.165, 1.54) is 0 Å². The molecule has 74 valence electrons. The lowest BCUT2D eigenvalue weighted by Gasteiger charge is -2.01. The van der Waals surface area contributed by atoms with Crippen LogP contribution in [0.2, 0.25) is 0 Å². The fourth-order valence-electron chi connectivity index (χ4n) is 1.25. The van der Waals surface area contributed by atoms with Gasteiger partial charge in [0.15, 0.2) is 5.82 Å². The van der Waals surface area contributed by atoms with Crippen molar-refractivity contribution in [2.24, 2.45) is 0 Å². The summed E-state index contributed by atoms with van der Waals surface area (Å²) < 4.78 is 0. The molecule has 0 aliphatic rings. The Morgan fingerprint density at radius 3 is 2.20 bits per heavy atom. The zero-order valence-electron chi connectivity index (χ0n) is 8.02. The van der Waals surface area contributed by atoms with Crippen LogP contribution < -0.4 is 0 Å². The highest BCUT2D eigenvalue weighted by Crippen LogP contribution is 2.20. The van der Waals surface area contributed by atoms with Gasteiger partial charge in [0.25, 0.3) is 0 Å². The molecule has 1 aromatic carbocycles. The summed E-state index contributed by atoms with van der Waals surface area (Å²) in [4.78, 5) is 8.31. The van der Waals surface area contributed by atoms with Gasteiger partial charge in [0, 0.05) is 23.0 Å². The van der Waals surface area contributed by atoms with E-state index in [2.05, 4.69) is 16.5 Å². The minimum Gasteiger partial charge on any atom is -0.237 e. The smallest absolute Gasteiger partial charge is 0.159 e. The monoisotopic (exact) mass is 216 g/mol. The molecule has 1 aromatic heterocycles. The molecule has 0 aliphatic carbocycles. The van der Waals surface area contributed by atoms with Crippen LogP contribution in [-0.4, -0.2) is 9.97 Å². The Morgan fingerprint density at radius 2 is 1.67 bits per heavy atom. The van der Waals surface area contributed by atoms with Crippen LogP contribution in [0.25, 0.3) is 16.4 Å². The third-order valence-corrected chi connectivity index (χ3v) is 2.24. The maximum Gasteiger partial charge on any atom is 0.159 e. The van der Waals surface area contributed by atoms with Gasteiger partial charge >= 0.3 is 0 Å². The van der Waals surface area contributed by atoms with Crippen LogP contribution in [-0.2, 0) is 0 Å². The lowest BCUT2D eigenvalue weighted by Crippen LogP contribution is -1.86. The molecule has 2 nitrogen and oxygen atoms in total. The molecule has 0 radical (unpaired) electrons. The van der Waals surface area contributed by atoms with Gasteiger partial charge in [-0.25, -0.2) is 9.97 Å². The Bertz CT molecular complexity index is 463. The van der Waals surface area contributed by atoms with Crippen LogP contribution in [0, 0.1) is 0 Å². The van der Waals surface area contributed by atoms with E-state index in [1.807, 2.05) is 24.3 Å². The number of benzene rings is 1. The highest BCUT2D eigenvalue weighted by Gasteiger charge is 2.00. The molecule has 3 heteroatoms. The van der Waals surface area contributed by atoms with E-state index >= 15 is 0 Å². The van der Waals surface area contributed by atoms with Crippen molar-refractivity contribution in [1.82, 2.24) is 9.97 Å². The van der Waals surface area contributed by atoms with Crippen molar-refractivity contribution in [1.29, 1.82) is 0 Å². The van der Waals surface area contributed by atoms with Gasteiger partial charge in [-0.1, -0.05) is 42.4 Å². The molecule has 0 atom stereocenters. The van der Waals surface area contributed by atoms with Gasteiger partial charge in [0.1, 0.15) is 0 Å². The zero-order chi connectivity index (χ0) is 10.7. The van der Waals surface area contributed by atoms with E-state index in [-0.39, 0.29) is 0 Å². The summed E-state index contributed by atoms with van der Waals surface area (Å²) in [5.41, 5.74) is 1.88. The standard InChI is InChI=1S/C12H9ClN2/c1-9(13)10-3-5-11(6-4-10)12-14-7-2-8-15-12/h2-8H,1H2. The van der Waals surface area contributed by atoms with Crippen molar-refractivity contribution in [3.05, 3.63) is 54.9 Å². The first-order chi connectivity index (χ1) is 7.27. The number of aromatic nitrogens is 2. The lowest BCUT2D eigenvalue weighted by atomic mass is 10.1. The predicted octanol–water partition coefficient (Wildman–Crippen LogP) is 3.35. The molecule has 0 unspecified atom stereocenters. The van der Waals surface area contributed by atoms with Crippen LogP contribution in [0.5, 0.6) is 0 Å². The maximum absolute atomic E-state index is 5.78. The van der Waals surface area contributed by atoms with Crippen LogP contribution in [0.4, 0.5) is 0 Å². The summed E-state index contributed by atoms with van der Waals surface area (Å²) in [6, 6.07) is 9.46. The normalized spacial score (nSPS) is 9.93. The second-order valence-electron chi connectivity index (χ2n) is 3.05. The zero-order valence-corrected chi connectivity index (χ0v) is 8.78. The van der Waals surface area contributed by atoms with Crippen molar-refractivity contribution < 1.29 is 0 Å². The van der Waals surface area contributed by atoms with E-state index in [1.54, 1.807) is 18.5 Å². The first-order valence-corrected chi connectivity index (χ1v) is 4.87. The van der Waals surface area contributed by atoms with Gasteiger partial charge in [-0.2, -0.15) is 0 Å². The van der Waals surface area contributed by atoms with Crippen molar-refractivity contribution in [2.45, 2.75) is 0 Å². The number of halogens is 1. The Kier molecular flexibility index (Phi) is 2.79. The first-order valence-electron chi connectivity index (χ1n) is 4.49. The molecular weight excluding hydrogens is 208 g/mol. The summed E-state index contributed by atoms with van der Waals surface area (Å²) in [6.45, 7) is 3.66. The number of hydrogen-bond acceptors (Lipinski definition) is 2. The number of rotatable bonds is 2. The summed E-state index contributed by atoms with van der Waals surface area (Å²) in [5, 5.41) is 0.538. The third-order valence-electron chi connectivity index (χ3n) is 2.02. The van der Waals surface area contributed by atoms with Crippen molar-refractivity contribution in [2.75, 3.05) is 0 Å². The fraction of sp³-hybridized carbons (Fsp3) is 0. The Labute approximate surface area is 93.3 Å². The SMILES string of the molecule is C=C(Cl)c1ccc(-c2ncccn2)cc1. The molecule has 0 spiro atoms. The van der Waals surface area contributed by atoms with Gasteiger partial charge in [0.05, 0.1) is 0 Å². The van der Waals surface area contributed by atoms with E-state index in [0.29, 0.717) is 10.9 Å². The molecule has 0 fully saturated rings. The topological polar surface area (TPSA) is 25.8 Å². The Hall–Kier alpha value is -1.67. The van der Waals surface area contributed by atoms with Gasteiger partial charge < -0.3 is 0 Å². The molecular formula is C12H9ClN2. The average molecular weight is 217 g/mol. The predicted molar refractivity (Wildman–Crippen MR) is 62.4 cm³/mol. The van der Waals surface area contributed by atoms with Gasteiger partial charge in [0.2, 0.25) is 0 Å². The van der Waals surface area contributed by atoms with Crippen molar-refractivity contribution in [3.8, 4) is 11.4 Å². The maximum atomic E-state index is 5.78. The molecule has 15 heavy (non-hydrogen) atoms. The third kappa shape index (κ3) is 2.22. The van der Waals surface area contributed by atoms with Crippen LogP contribution in [0.15, 0.2) is 49.3 Å². The summed E-state index contributed by atoms with van der Waals surface area (Å²) in [7, 11) is 0. The second kappa shape index (κ2) is 4.24.